The van der Waals surface area contributed by atoms with Crippen LogP contribution in [0.3, 0.4) is 0 Å². The van der Waals surface area contributed by atoms with E-state index in [9.17, 15) is 13.2 Å². The van der Waals surface area contributed by atoms with Gasteiger partial charge in [-0.3, -0.25) is 4.18 Å². The van der Waals surface area contributed by atoms with Crippen molar-refractivity contribution in [3.05, 3.63) is 35.9 Å². The Morgan fingerprint density at radius 3 is 2.70 bits per heavy atom. The Bertz CT molecular complexity index is 557. The van der Waals surface area contributed by atoms with Gasteiger partial charge in [0.2, 0.25) is 0 Å². The maximum absolute atomic E-state index is 11.8. The molecule has 1 N–H and O–H groups in total. The van der Waals surface area contributed by atoms with Gasteiger partial charge in [-0.2, -0.15) is 8.42 Å². The predicted molar refractivity (Wildman–Crippen MR) is 72.8 cm³/mol. The number of hydrogen-bond acceptors (Lipinski definition) is 4. The average Bonchev–Trinajstić information content (AvgIpc) is 2.86. The van der Waals surface area contributed by atoms with Gasteiger partial charge in [0.15, 0.2) is 0 Å². The second kappa shape index (κ2) is 6.23. The number of likely N-dealkylation sites (tertiary alicyclic amines) is 1. The normalized spacial score (nSPS) is 19.2. The van der Waals surface area contributed by atoms with Crippen LogP contribution in [-0.4, -0.2) is 43.7 Å². The van der Waals surface area contributed by atoms with E-state index in [0.29, 0.717) is 18.5 Å². The fourth-order valence-corrected chi connectivity index (χ4v) is 3.31. The number of benzene rings is 1. The first kappa shape index (κ1) is 14.8. The molecule has 7 heteroatoms. The number of carbonyl (C=O) groups is 1. The molecule has 1 fully saturated rings. The summed E-state index contributed by atoms with van der Waals surface area (Å²) in [6, 6.07) is 8.36. The van der Waals surface area contributed by atoms with Gasteiger partial charge >= 0.3 is 6.09 Å². The average molecular weight is 299 g/mol. The second-order valence-electron chi connectivity index (χ2n) is 4.74. The first-order valence-electron chi connectivity index (χ1n) is 6.38. The molecular weight excluding hydrogens is 282 g/mol. The zero-order chi connectivity index (χ0) is 14.6. The highest BCUT2D eigenvalue weighted by molar-refractivity contribution is 7.85. The summed E-state index contributed by atoms with van der Waals surface area (Å²) in [7, 11) is -3.69. The Hall–Kier alpha value is -1.60. The highest BCUT2D eigenvalue weighted by Crippen LogP contribution is 2.18. The predicted octanol–water partition coefficient (Wildman–Crippen LogP) is 1.68. The molecule has 1 atom stereocenters. The van der Waals surface area contributed by atoms with Crippen molar-refractivity contribution in [1.82, 2.24) is 4.90 Å². The Morgan fingerprint density at radius 2 is 2.05 bits per heavy atom. The van der Waals surface area contributed by atoms with Crippen LogP contribution in [0.2, 0.25) is 0 Å². The molecule has 6 nitrogen and oxygen atoms in total. The molecule has 0 saturated carbocycles. The smallest absolute Gasteiger partial charge is 0.407 e. The molecule has 1 heterocycles. The summed E-state index contributed by atoms with van der Waals surface area (Å²) in [6.07, 6.45) is 0.336. The minimum absolute atomic E-state index is 0.110. The summed E-state index contributed by atoms with van der Waals surface area (Å²) in [5, 5.41) is 8.97. The summed E-state index contributed by atoms with van der Waals surface area (Å²) < 4.78 is 28.7. The first-order chi connectivity index (χ1) is 9.48. The molecule has 1 amide bonds. The highest BCUT2D eigenvalue weighted by atomic mass is 32.2. The van der Waals surface area contributed by atoms with E-state index in [0.717, 1.165) is 6.42 Å². The molecule has 1 saturated heterocycles. The number of rotatable bonds is 5. The fraction of sp³-hybridized carbons (Fsp3) is 0.462. The van der Waals surface area contributed by atoms with E-state index in [1.807, 2.05) is 0 Å². The lowest BCUT2D eigenvalue weighted by molar-refractivity contribution is 0.124. The van der Waals surface area contributed by atoms with Crippen molar-refractivity contribution in [2.75, 3.05) is 13.2 Å². The Balaban J connectivity index is 1.91. The SMILES string of the molecule is O=C(O)N1CCCC1COS(=O)(=O)Cc1ccccc1. The van der Waals surface area contributed by atoms with E-state index in [2.05, 4.69) is 0 Å². The van der Waals surface area contributed by atoms with Crippen molar-refractivity contribution in [3.63, 3.8) is 0 Å². The molecule has 0 aromatic heterocycles. The van der Waals surface area contributed by atoms with Crippen LogP contribution in [0.25, 0.3) is 0 Å². The van der Waals surface area contributed by atoms with Gasteiger partial charge in [-0.1, -0.05) is 30.3 Å². The molecule has 0 spiro atoms. The quantitative estimate of drug-likeness (QED) is 0.836. The van der Waals surface area contributed by atoms with Gasteiger partial charge < -0.3 is 10.0 Å². The molecule has 0 bridgehead atoms. The van der Waals surface area contributed by atoms with Gasteiger partial charge in [0, 0.05) is 6.54 Å². The minimum Gasteiger partial charge on any atom is -0.465 e. The standard InChI is InChI=1S/C13H17NO5S/c15-13(16)14-8-4-7-12(14)9-19-20(17,18)10-11-5-2-1-3-6-11/h1-3,5-6,12H,4,7-10H2,(H,15,16). The molecule has 1 aliphatic heterocycles. The molecule has 1 aromatic carbocycles. The number of hydrogen-bond donors (Lipinski definition) is 1. The van der Waals surface area contributed by atoms with Crippen LogP contribution in [0.15, 0.2) is 30.3 Å². The number of carboxylic acid groups (broad SMARTS) is 1. The molecule has 1 unspecified atom stereocenters. The number of nitrogens with zero attached hydrogens (tertiary/aromatic N) is 1. The number of amides is 1. The summed E-state index contributed by atoms with van der Waals surface area (Å²) in [5.74, 6) is -0.201. The maximum Gasteiger partial charge on any atom is 0.407 e. The van der Waals surface area contributed by atoms with Crippen molar-refractivity contribution in [1.29, 1.82) is 0 Å². The lowest BCUT2D eigenvalue weighted by Crippen LogP contribution is -2.37. The third-order valence-electron chi connectivity index (χ3n) is 3.25. The Labute approximate surface area is 118 Å². The molecule has 110 valence electrons. The molecule has 0 radical (unpaired) electrons. The second-order valence-corrected chi connectivity index (χ2v) is 6.38. The lowest BCUT2D eigenvalue weighted by Gasteiger charge is -2.20. The minimum atomic E-state index is -3.69. The van der Waals surface area contributed by atoms with Crippen LogP contribution in [0.1, 0.15) is 18.4 Å². The van der Waals surface area contributed by atoms with Gasteiger partial charge in [-0.05, 0) is 18.4 Å². The molecular formula is C13H17NO5S. The summed E-state index contributed by atoms with van der Waals surface area (Å²) in [6.45, 7) is 0.323. The van der Waals surface area contributed by atoms with E-state index in [4.69, 9.17) is 9.29 Å². The van der Waals surface area contributed by atoms with E-state index in [1.165, 1.54) is 4.90 Å². The third-order valence-corrected chi connectivity index (χ3v) is 4.43. The van der Waals surface area contributed by atoms with Crippen LogP contribution in [0.4, 0.5) is 4.79 Å². The van der Waals surface area contributed by atoms with E-state index < -0.39 is 16.2 Å². The van der Waals surface area contributed by atoms with Gasteiger partial charge in [0.1, 0.15) is 5.75 Å². The topological polar surface area (TPSA) is 83.9 Å². The molecule has 2 rings (SSSR count). The van der Waals surface area contributed by atoms with Crippen LogP contribution in [0, 0.1) is 0 Å². The van der Waals surface area contributed by atoms with Crippen molar-refractivity contribution in [2.45, 2.75) is 24.6 Å². The van der Waals surface area contributed by atoms with E-state index in [-0.39, 0.29) is 18.4 Å². The molecule has 1 aromatic rings. The van der Waals surface area contributed by atoms with Crippen LogP contribution in [0.5, 0.6) is 0 Å². The first-order valence-corrected chi connectivity index (χ1v) is 7.96. The van der Waals surface area contributed by atoms with Gasteiger partial charge in [-0.25, -0.2) is 4.79 Å². The van der Waals surface area contributed by atoms with Crippen molar-refractivity contribution in [2.24, 2.45) is 0 Å². The van der Waals surface area contributed by atoms with Crippen molar-refractivity contribution >= 4 is 16.2 Å². The van der Waals surface area contributed by atoms with Crippen LogP contribution >= 0.6 is 0 Å². The van der Waals surface area contributed by atoms with Crippen LogP contribution < -0.4 is 0 Å². The summed E-state index contributed by atoms with van der Waals surface area (Å²) in [5.41, 5.74) is 0.647. The Morgan fingerprint density at radius 1 is 1.35 bits per heavy atom. The van der Waals surface area contributed by atoms with Gasteiger partial charge in [-0.15, -0.1) is 0 Å². The zero-order valence-corrected chi connectivity index (χ0v) is 11.8. The van der Waals surface area contributed by atoms with Gasteiger partial charge in [0.25, 0.3) is 10.1 Å². The van der Waals surface area contributed by atoms with Crippen molar-refractivity contribution in [3.8, 4) is 0 Å². The third kappa shape index (κ3) is 3.94. The molecule has 20 heavy (non-hydrogen) atoms. The van der Waals surface area contributed by atoms with E-state index in [1.54, 1.807) is 30.3 Å². The van der Waals surface area contributed by atoms with Crippen LogP contribution in [-0.2, 0) is 20.1 Å². The summed E-state index contributed by atoms with van der Waals surface area (Å²) >= 11 is 0. The Kier molecular flexibility index (Phi) is 4.61. The largest absolute Gasteiger partial charge is 0.465 e. The lowest BCUT2D eigenvalue weighted by atomic mass is 10.2. The summed E-state index contributed by atoms with van der Waals surface area (Å²) in [4.78, 5) is 12.2. The van der Waals surface area contributed by atoms with Crippen molar-refractivity contribution < 1.29 is 22.5 Å². The maximum atomic E-state index is 11.8. The highest BCUT2D eigenvalue weighted by Gasteiger charge is 2.30. The van der Waals surface area contributed by atoms with E-state index >= 15 is 0 Å². The van der Waals surface area contributed by atoms with Gasteiger partial charge in [0.05, 0.1) is 12.6 Å². The zero-order valence-electron chi connectivity index (χ0n) is 10.9. The molecule has 0 aliphatic carbocycles. The molecule has 1 aliphatic rings. The fourth-order valence-electron chi connectivity index (χ4n) is 2.26. The monoisotopic (exact) mass is 299 g/mol.